The van der Waals surface area contributed by atoms with Gasteiger partial charge in [-0.15, -0.1) is 0 Å². The van der Waals surface area contributed by atoms with Crippen LogP contribution in [0.3, 0.4) is 0 Å². The average Bonchev–Trinajstić information content (AvgIpc) is 3.37. The second-order valence-electron chi connectivity index (χ2n) is 17.3. The van der Waals surface area contributed by atoms with Gasteiger partial charge in [-0.25, -0.2) is 4.57 Å². The molecule has 0 radical (unpaired) electrons. The van der Waals surface area contributed by atoms with Gasteiger partial charge in [-0.1, -0.05) is 180 Å². The van der Waals surface area contributed by atoms with Crippen LogP contribution in [0.4, 0.5) is 0 Å². The Morgan fingerprint density at radius 1 is 0.403 bits per heavy atom. The van der Waals surface area contributed by atoms with E-state index in [9.17, 15) is 28.9 Å². The highest BCUT2D eigenvalue weighted by Crippen LogP contribution is 2.43. The lowest BCUT2D eigenvalue weighted by atomic mass is 10.1. The van der Waals surface area contributed by atoms with Crippen molar-refractivity contribution in [2.45, 2.75) is 200 Å². The Balaban J connectivity index is 4.93. The first-order valence-corrected chi connectivity index (χ1v) is 28.6. The average molecular weight is 1020 g/mol. The summed E-state index contributed by atoms with van der Waals surface area (Å²) in [7, 11) is -4.78. The van der Waals surface area contributed by atoms with Gasteiger partial charge < -0.3 is 24.2 Å². The number of carbonyl (C=O) groups excluding carboxylic acids is 3. The number of hydrogen-bond acceptors (Lipinski definition) is 10. The minimum Gasteiger partial charge on any atom is -0.462 e. The zero-order valence-corrected chi connectivity index (χ0v) is 45.5. The Labute approximate surface area is 436 Å². The molecule has 3 atom stereocenters. The molecule has 0 aromatic rings. The summed E-state index contributed by atoms with van der Waals surface area (Å²) in [5.41, 5.74) is 0. The molecule has 0 rings (SSSR count). The van der Waals surface area contributed by atoms with Crippen molar-refractivity contribution in [1.82, 2.24) is 0 Å². The zero-order valence-electron chi connectivity index (χ0n) is 44.6. The topological polar surface area (TPSA) is 155 Å². The van der Waals surface area contributed by atoms with E-state index in [1.54, 1.807) is 0 Å². The fourth-order valence-electron chi connectivity index (χ4n) is 6.48. The van der Waals surface area contributed by atoms with E-state index in [-0.39, 0.29) is 25.9 Å². The molecule has 3 unspecified atom stereocenters. The maximum Gasteiger partial charge on any atom is 0.472 e. The van der Waals surface area contributed by atoms with E-state index in [4.69, 9.17) is 23.3 Å². The predicted molar refractivity (Wildman–Crippen MR) is 297 cm³/mol. The number of unbranched alkanes of at least 4 members (excludes halogenated alkanes) is 9. The summed E-state index contributed by atoms with van der Waals surface area (Å²) in [6, 6.07) is 0. The molecule has 406 valence electrons. The Bertz CT molecular complexity index is 1710. The molecule has 2 N–H and O–H groups in total. The SMILES string of the molecule is CC/C=C\C/C=C\C/C=C\C/C=C\C/C=C\CCCC(=O)OC(COC(=O)CCCC/C=C\C/C=C\C/C=C\C/C=C\CC)COP(=O)(O)OCC(CO)OC(=O)CCCCCCC/C=C\C/C=C\CCC. The molecule has 0 saturated heterocycles. The molecule has 0 aromatic carbocycles. The van der Waals surface area contributed by atoms with E-state index in [2.05, 4.69) is 142 Å². The molecule has 0 aliphatic rings. The van der Waals surface area contributed by atoms with Crippen LogP contribution in [-0.4, -0.2) is 66.5 Å². The standard InChI is InChI=1S/C60H95O11P/c1-4-7-10-13-16-19-22-25-27-28-30-33-36-39-42-45-48-51-60(64)71-57(53-67-58(62)49-46-43-40-37-34-32-29-26-23-20-17-14-11-8-5-2)55-69-72(65,66)68-54-56(52-61)70-59(63)50-47-44-41-38-35-31-24-21-18-15-12-9-6-3/h7-8,10-12,15-17,19-21,24-27,29-30,33-34,37,39,42,56-57,61H,4-6,9,13-14,18,22-23,28,31-32,35-36,38,40-41,43-55H2,1-3H3,(H,65,66)/b10-7-,11-8-,15-12-,19-16-,20-17-,24-21-,27-25-,29-26-,33-30-,37-34-,42-39-. The molecule has 72 heavy (non-hydrogen) atoms. The van der Waals surface area contributed by atoms with Gasteiger partial charge in [0.1, 0.15) is 12.7 Å². The number of aliphatic hydroxyl groups is 1. The largest absolute Gasteiger partial charge is 0.472 e. The fraction of sp³-hybridized carbons (Fsp3) is 0.583. The van der Waals surface area contributed by atoms with Crippen LogP contribution >= 0.6 is 7.82 Å². The number of aliphatic hydroxyl groups excluding tert-OH is 1. The maximum atomic E-state index is 12.9. The summed E-state index contributed by atoms with van der Waals surface area (Å²) in [6.45, 7) is 4.18. The number of rotatable bonds is 48. The van der Waals surface area contributed by atoms with E-state index in [0.717, 1.165) is 122 Å². The van der Waals surface area contributed by atoms with Crippen LogP contribution in [0, 0.1) is 0 Å². The molecule has 0 saturated carbocycles. The number of carbonyl (C=O) groups is 3. The first kappa shape index (κ1) is 67.6. The van der Waals surface area contributed by atoms with Gasteiger partial charge in [-0.2, -0.15) is 0 Å². The van der Waals surface area contributed by atoms with Gasteiger partial charge in [0, 0.05) is 19.3 Å². The van der Waals surface area contributed by atoms with E-state index in [1.165, 1.54) is 0 Å². The molecule has 0 bridgehead atoms. The number of phosphoric acid groups is 1. The highest BCUT2D eigenvalue weighted by atomic mass is 31.2. The Morgan fingerprint density at radius 2 is 0.736 bits per heavy atom. The first-order chi connectivity index (χ1) is 35.2. The number of phosphoric ester groups is 1. The number of hydrogen-bond donors (Lipinski definition) is 2. The van der Waals surface area contributed by atoms with Crippen molar-refractivity contribution in [3.05, 3.63) is 134 Å². The van der Waals surface area contributed by atoms with Gasteiger partial charge in [0.2, 0.25) is 0 Å². The Morgan fingerprint density at radius 3 is 1.19 bits per heavy atom. The van der Waals surface area contributed by atoms with Crippen molar-refractivity contribution in [2.24, 2.45) is 0 Å². The lowest BCUT2D eigenvalue weighted by Gasteiger charge is -2.21. The molecule has 11 nitrogen and oxygen atoms in total. The van der Waals surface area contributed by atoms with E-state index >= 15 is 0 Å². The lowest BCUT2D eigenvalue weighted by molar-refractivity contribution is -0.161. The molecular weight excluding hydrogens is 928 g/mol. The van der Waals surface area contributed by atoms with Gasteiger partial charge in [0.25, 0.3) is 0 Å². The van der Waals surface area contributed by atoms with Crippen molar-refractivity contribution in [2.75, 3.05) is 26.4 Å². The van der Waals surface area contributed by atoms with Crippen LogP contribution in [0.15, 0.2) is 134 Å². The van der Waals surface area contributed by atoms with Crippen LogP contribution in [0.1, 0.15) is 188 Å². The lowest BCUT2D eigenvalue weighted by Crippen LogP contribution is -2.30. The van der Waals surface area contributed by atoms with Crippen LogP contribution in [-0.2, 0) is 42.2 Å². The van der Waals surface area contributed by atoms with Crippen molar-refractivity contribution < 1.29 is 52.2 Å². The van der Waals surface area contributed by atoms with Crippen LogP contribution < -0.4 is 0 Å². The molecular formula is C60H95O11P. The molecule has 0 spiro atoms. The summed E-state index contributed by atoms with van der Waals surface area (Å²) in [5.74, 6) is -1.62. The predicted octanol–water partition coefficient (Wildman–Crippen LogP) is 15.8. The summed E-state index contributed by atoms with van der Waals surface area (Å²) in [6.07, 6.45) is 65.7. The van der Waals surface area contributed by atoms with Crippen LogP contribution in [0.5, 0.6) is 0 Å². The molecule has 0 aliphatic heterocycles. The second-order valence-corrected chi connectivity index (χ2v) is 18.7. The third kappa shape index (κ3) is 50.6. The quantitative estimate of drug-likeness (QED) is 0.0197. The van der Waals surface area contributed by atoms with Crippen molar-refractivity contribution in [1.29, 1.82) is 0 Å². The number of ether oxygens (including phenoxy) is 3. The van der Waals surface area contributed by atoms with Gasteiger partial charge in [-0.05, 0) is 122 Å². The normalized spacial score (nSPS) is 14.5. The zero-order chi connectivity index (χ0) is 52.7. The number of allylic oxidation sites excluding steroid dienone is 22. The first-order valence-electron chi connectivity index (χ1n) is 27.1. The van der Waals surface area contributed by atoms with E-state index in [0.29, 0.717) is 25.7 Å². The van der Waals surface area contributed by atoms with Gasteiger partial charge in [0.15, 0.2) is 6.10 Å². The van der Waals surface area contributed by atoms with E-state index in [1.807, 2.05) is 12.2 Å². The molecule has 0 amide bonds. The van der Waals surface area contributed by atoms with Crippen molar-refractivity contribution in [3.63, 3.8) is 0 Å². The van der Waals surface area contributed by atoms with Crippen molar-refractivity contribution in [3.8, 4) is 0 Å². The second kappa shape index (κ2) is 52.9. The summed E-state index contributed by atoms with van der Waals surface area (Å²) < 4.78 is 39.3. The maximum absolute atomic E-state index is 12.9. The third-order valence-electron chi connectivity index (χ3n) is 10.5. The summed E-state index contributed by atoms with van der Waals surface area (Å²) >= 11 is 0. The van der Waals surface area contributed by atoms with Gasteiger partial charge in [0.05, 0.1) is 19.8 Å². The van der Waals surface area contributed by atoms with Gasteiger partial charge in [-0.3, -0.25) is 23.4 Å². The highest BCUT2D eigenvalue weighted by Gasteiger charge is 2.28. The summed E-state index contributed by atoms with van der Waals surface area (Å²) in [4.78, 5) is 48.4. The Hall–Kier alpha value is -4.38. The molecule has 0 heterocycles. The van der Waals surface area contributed by atoms with Crippen molar-refractivity contribution >= 4 is 25.7 Å². The monoisotopic (exact) mass is 1020 g/mol. The summed E-state index contributed by atoms with van der Waals surface area (Å²) in [5, 5.41) is 9.79. The number of esters is 3. The molecule has 0 fully saturated rings. The molecule has 12 heteroatoms. The van der Waals surface area contributed by atoms with Crippen LogP contribution in [0.2, 0.25) is 0 Å². The third-order valence-corrected chi connectivity index (χ3v) is 11.5. The fourth-order valence-corrected chi connectivity index (χ4v) is 7.26. The Kier molecular flexibility index (Phi) is 49.7. The van der Waals surface area contributed by atoms with Gasteiger partial charge >= 0.3 is 25.7 Å². The minimum absolute atomic E-state index is 0.0714. The molecule has 0 aliphatic carbocycles. The minimum atomic E-state index is -4.78. The van der Waals surface area contributed by atoms with Crippen LogP contribution in [0.25, 0.3) is 0 Å². The molecule has 0 aromatic heterocycles. The van der Waals surface area contributed by atoms with E-state index < -0.39 is 57.8 Å². The smallest absolute Gasteiger partial charge is 0.462 e. The highest BCUT2D eigenvalue weighted by molar-refractivity contribution is 7.47.